The molecule has 1 aromatic rings. The Labute approximate surface area is 141 Å². The van der Waals surface area contributed by atoms with Gasteiger partial charge >= 0.3 is 0 Å². The monoisotopic (exact) mass is 369 g/mol. The van der Waals surface area contributed by atoms with E-state index in [0.717, 1.165) is 22.5 Å². The van der Waals surface area contributed by atoms with Crippen LogP contribution in [0.25, 0.3) is 0 Å². The van der Waals surface area contributed by atoms with Crippen molar-refractivity contribution < 1.29 is 17.7 Å². The Balaban J connectivity index is 0.00000484. The number of nitrogens with zero attached hydrogens (tertiary/aromatic N) is 2. The zero-order valence-electron chi connectivity index (χ0n) is 13.1. The van der Waals surface area contributed by atoms with E-state index in [-0.39, 0.29) is 30.9 Å². The van der Waals surface area contributed by atoms with Crippen LogP contribution in [0.5, 0.6) is 0 Å². The molecule has 0 saturated carbocycles. The van der Waals surface area contributed by atoms with Crippen molar-refractivity contribution in [1.29, 1.82) is 0 Å². The molecule has 0 bridgehead atoms. The highest BCUT2D eigenvalue weighted by molar-refractivity contribution is 7.89. The molecule has 0 radical (unpaired) electrons. The molecule has 1 aromatic carbocycles. The first kappa shape index (κ1) is 21.7. The Kier molecular flexibility index (Phi) is 8.05. The molecular weight excluding hydrogens is 349 g/mol. The normalized spacial score (nSPS) is 13.0. The number of nitrogens with two attached hydrogens (primary N) is 1. The molecule has 2 N–H and O–H groups in total. The predicted octanol–water partition coefficient (Wildman–Crippen LogP) is 2.15. The number of benzene rings is 1. The van der Waals surface area contributed by atoms with Crippen molar-refractivity contribution in [2.45, 2.75) is 31.2 Å². The van der Waals surface area contributed by atoms with E-state index in [9.17, 15) is 22.9 Å². The standard InChI is InChI=1S/C13H20FN3O4S.ClH/c1-9(2)11(15)7-8-16(3)22(20,21)13-10(14)5-4-6-12(13)17(18)19;/h4-6,9,11H,7-8,15H2,1-3H3;1H. The third-order valence-corrected chi connectivity index (χ3v) is 5.37. The predicted molar refractivity (Wildman–Crippen MR) is 87.5 cm³/mol. The third-order valence-electron chi connectivity index (χ3n) is 3.44. The molecule has 0 aromatic heterocycles. The van der Waals surface area contributed by atoms with E-state index in [0.29, 0.717) is 6.42 Å². The fourth-order valence-corrected chi connectivity index (χ4v) is 3.22. The number of nitro groups is 1. The van der Waals surface area contributed by atoms with Gasteiger partial charge in [0.15, 0.2) is 4.90 Å². The fraction of sp³-hybridized carbons (Fsp3) is 0.538. The van der Waals surface area contributed by atoms with Crippen LogP contribution in [0.15, 0.2) is 23.1 Å². The Bertz CT molecular complexity index is 655. The van der Waals surface area contributed by atoms with Gasteiger partial charge in [-0.1, -0.05) is 19.9 Å². The number of nitro benzene ring substituents is 1. The maximum absolute atomic E-state index is 13.9. The van der Waals surface area contributed by atoms with Gasteiger partial charge in [-0.25, -0.2) is 17.1 Å². The summed E-state index contributed by atoms with van der Waals surface area (Å²) >= 11 is 0. The highest BCUT2D eigenvalue weighted by Crippen LogP contribution is 2.28. The average molecular weight is 370 g/mol. The molecule has 1 unspecified atom stereocenters. The lowest BCUT2D eigenvalue weighted by Crippen LogP contribution is -2.35. The molecule has 0 aliphatic heterocycles. The van der Waals surface area contributed by atoms with E-state index in [1.807, 2.05) is 13.8 Å². The van der Waals surface area contributed by atoms with Crippen LogP contribution in [-0.2, 0) is 10.0 Å². The lowest BCUT2D eigenvalue weighted by Gasteiger charge is -2.21. The van der Waals surface area contributed by atoms with Crippen LogP contribution in [0.4, 0.5) is 10.1 Å². The second-order valence-electron chi connectivity index (χ2n) is 5.37. The van der Waals surface area contributed by atoms with Crippen LogP contribution in [-0.4, -0.2) is 37.3 Å². The summed E-state index contributed by atoms with van der Waals surface area (Å²) in [6.07, 6.45) is 0.371. The second-order valence-corrected chi connectivity index (χ2v) is 7.35. The summed E-state index contributed by atoms with van der Waals surface area (Å²) in [6.45, 7) is 3.86. The van der Waals surface area contributed by atoms with E-state index < -0.39 is 31.3 Å². The minimum atomic E-state index is -4.31. The molecule has 0 aliphatic rings. The molecule has 1 atom stereocenters. The fourth-order valence-electron chi connectivity index (χ4n) is 1.84. The Morgan fingerprint density at radius 1 is 1.39 bits per heavy atom. The number of hydrogen-bond acceptors (Lipinski definition) is 5. The summed E-state index contributed by atoms with van der Waals surface area (Å²) in [7, 11) is -3.06. The molecule has 132 valence electrons. The smallest absolute Gasteiger partial charge is 0.292 e. The maximum Gasteiger partial charge on any atom is 0.292 e. The van der Waals surface area contributed by atoms with Crippen LogP contribution in [0.2, 0.25) is 0 Å². The number of halogens is 2. The lowest BCUT2D eigenvalue weighted by molar-refractivity contribution is -0.388. The minimum absolute atomic E-state index is 0. The molecule has 0 aliphatic carbocycles. The van der Waals surface area contributed by atoms with Crippen molar-refractivity contribution in [2.24, 2.45) is 11.7 Å². The topological polar surface area (TPSA) is 107 Å². The Hall–Kier alpha value is -1.29. The quantitative estimate of drug-likeness (QED) is 0.585. The zero-order valence-corrected chi connectivity index (χ0v) is 14.7. The van der Waals surface area contributed by atoms with E-state index in [1.165, 1.54) is 7.05 Å². The Morgan fingerprint density at radius 2 is 1.96 bits per heavy atom. The molecular formula is C13H21ClFN3O4S. The van der Waals surface area contributed by atoms with Crippen LogP contribution in [0.1, 0.15) is 20.3 Å². The first-order valence-electron chi connectivity index (χ1n) is 6.73. The summed E-state index contributed by atoms with van der Waals surface area (Å²) in [4.78, 5) is 9.11. The molecule has 0 fully saturated rings. The van der Waals surface area contributed by atoms with Gasteiger partial charge in [0.05, 0.1) is 4.92 Å². The van der Waals surface area contributed by atoms with Crippen LogP contribution < -0.4 is 5.73 Å². The number of hydrogen-bond donors (Lipinski definition) is 1. The molecule has 0 amide bonds. The molecule has 0 spiro atoms. The van der Waals surface area contributed by atoms with Crippen molar-refractivity contribution in [3.8, 4) is 0 Å². The van der Waals surface area contributed by atoms with Gasteiger partial charge < -0.3 is 5.73 Å². The minimum Gasteiger partial charge on any atom is -0.327 e. The van der Waals surface area contributed by atoms with Crippen molar-refractivity contribution in [1.82, 2.24) is 4.31 Å². The highest BCUT2D eigenvalue weighted by atomic mass is 35.5. The van der Waals surface area contributed by atoms with Crippen LogP contribution in [0.3, 0.4) is 0 Å². The van der Waals surface area contributed by atoms with Gasteiger partial charge in [-0.15, -0.1) is 12.4 Å². The van der Waals surface area contributed by atoms with Gasteiger partial charge in [-0.2, -0.15) is 0 Å². The summed E-state index contributed by atoms with van der Waals surface area (Å²) < 4.78 is 39.6. The lowest BCUT2D eigenvalue weighted by atomic mass is 10.0. The average Bonchev–Trinajstić information content (AvgIpc) is 2.43. The van der Waals surface area contributed by atoms with Gasteiger partial charge in [0.2, 0.25) is 0 Å². The second kappa shape index (κ2) is 8.53. The van der Waals surface area contributed by atoms with Gasteiger partial charge in [-0.3, -0.25) is 10.1 Å². The van der Waals surface area contributed by atoms with Crippen molar-refractivity contribution in [3.05, 3.63) is 34.1 Å². The maximum atomic E-state index is 13.9. The molecule has 0 heterocycles. The van der Waals surface area contributed by atoms with E-state index in [2.05, 4.69) is 0 Å². The zero-order chi connectivity index (χ0) is 17.1. The first-order valence-corrected chi connectivity index (χ1v) is 8.17. The van der Waals surface area contributed by atoms with E-state index in [4.69, 9.17) is 5.73 Å². The summed E-state index contributed by atoms with van der Waals surface area (Å²) in [5.41, 5.74) is 5.07. The number of rotatable bonds is 7. The highest BCUT2D eigenvalue weighted by Gasteiger charge is 2.33. The van der Waals surface area contributed by atoms with Crippen LogP contribution >= 0.6 is 12.4 Å². The third kappa shape index (κ3) is 5.10. The van der Waals surface area contributed by atoms with Gasteiger partial charge in [0, 0.05) is 25.7 Å². The van der Waals surface area contributed by atoms with Gasteiger partial charge in [-0.05, 0) is 18.4 Å². The molecule has 10 heteroatoms. The van der Waals surface area contributed by atoms with E-state index in [1.54, 1.807) is 0 Å². The molecule has 1 rings (SSSR count). The van der Waals surface area contributed by atoms with Gasteiger partial charge in [0.1, 0.15) is 5.82 Å². The first-order chi connectivity index (χ1) is 10.1. The van der Waals surface area contributed by atoms with Crippen molar-refractivity contribution >= 4 is 28.1 Å². The molecule has 0 saturated heterocycles. The summed E-state index contributed by atoms with van der Waals surface area (Å²) in [5.74, 6) is -0.979. The van der Waals surface area contributed by atoms with Gasteiger partial charge in [0.25, 0.3) is 15.7 Å². The molecule has 7 nitrogen and oxygen atoms in total. The summed E-state index contributed by atoms with van der Waals surface area (Å²) in [6, 6.07) is 2.73. The van der Waals surface area contributed by atoms with E-state index >= 15 is 0 Å². The Morgan fingerprint density at radius 3 is 2.43 bits per heavy atom. The van der Waals surface area contributed by atoms with Crippen LogP contribution in [0, 0.1) is 21.8 Å². The molecule has 23 heavy (non-hydrogen) atoms. The summed E-state index contributed by atoms with van der Waals surface area (Å²) in [5, 5.41) is 10.9. The largest absolute Gasteiger partial charge is 0.327 e. The van der Waals surface area contributed by atoms with Crippen molar-refractivity contribution in [2.75, 3.05) is 13.6 Å². The SMILES string of the molecule is CC(C)C(N)CCN(C)S(=O)(=O)c1c(F)cccc1[N+](=O)[O-].Cl. The number of sulfonamides is 1. The van der Waals surface area contributed by atoms with Crippen molar-refractivity contribution in [3.63, 3.8) is 0 Å².